The Morgan fingerprint density at radius 2 is 1.77 bits per heavy atom. The number of halogens is 1. The first-order valence-electron chi connectivity index (χ1n) is 11.3. The number of ether oxygens (including phenoxy) is 1. The second kappa shape index (κ2) is 11.7. The lowest BCUT2D eigenvalue weighted by Crippen LogP contribution is -2.56. The van der Waals surface area contributed by atoms with Crippen LogP contribution in [0.4, 0.5) is 0 Å². The Kier molecular flexibility index (Phi) is 9.88. The van der Waals surface area contributed by atoms with Crippen LogP contribution in [0.3, 0.4) is 0 Å². The largest absolute Gasteiger partial charge is 0.381 e. The first kappa shape index (κ1) is 25.4. The van der Waals surface area contributed by atoms with Gasteiger partial charge in [0.25, 0.3) is 0 Å². The number of hydrogen-bond acceptors (Lipinski definition) is 3. The quantitative estimate of drug-likeness (QED) is 0.332. The molecule has 1 aromatic carbocycles. The molecule has 170 valence electrons. The number of guanidine groups is 1. The highest BCUT2D eigenvalue weighted by atomic mass is 127. The predicted molar refractivity (Wildman–Crippen MR) is 137 cm³/mol. The molecule has 0 saturated carbocycles. The zero-order valence-corrected chi connectivity index (χ0v) is 21.6. The second-order valence-electron chi connectivity index (χ2n) is 9.35. The van der Waals surface area contributed by atoms with E-state index in [1.54, 1.807) is 0 Å². The molecule has 2 aliphatic heterocycles. The van der Waals surface area contributed by atoms with Gasteiger partial charge < -0.3 is 15.4 Å². The van der Waals surface area contributed by atoms with Gasteiger partial charge in [-0.15, -0.1) is 24.0 Å². The first-order valence-corrected chi connectivity index (χ1v) is 11.3. The number of nitrogens with one attached hydrogen (secondary N) is 2. The third-order valence-corrected chi connectivity index (χ3v) is 6.88. The third-order valence-electron chi connectivity index (χ3n) is 6.88. The lowest BCUT2D eigenvalue weighted by Gasteiger charge is -2.42. The molecule has 5 nitrogen and oxygen atoms in total. The number of aryl methyl sites for hydroxylation is 1. The maximum Gasteiger partial charge on any atom is 0.191 e. The van der Waals surface area contributed by atoms with E-state index < -0.39 is 0 Å². The average Bonchev–Trinajstić information content (AvgIpc) is 2.75. The van der Waals surface area contributed by atoms with Crippen LogP contribution in [0.2, 0.25) is 0 Å². The van der Waals surface area contributed by atoms with E-state index in [-0.39, 0.29) is 34.9 Å². The smallest absolute Gasteiger partial charge is 0.191 e. The monoisotopic (exact) mass is 528 g/mol. The van der Waals surface area contributed by atoms with Gasteiger partial charge in [-0.25, -0.2) is 0 Å². The Balaban J connectivity index is 0.00000320. The molecule has 0 unspecified atom stereocenters. The zero-order chi connectivity index (χ0) is 20.7. The van der Waals surface area contributed by atoms with Crippen molar-refractivity contribution in [1.29, 1.82) is 0 Å². The zero-order valence-electron chi connectivity index (χ0n) is 19.3. The molecule has 0 aromatic heterocycles. The van der Waals surface area contributed by atoms with Crippen LogP contribution in [0.25, 0.3) is 0 Å². The van der Waals surface area contributed by atoms with Crippen molar-refractivity contribution >= 4 is 29.9 Å². The maximum atomic E-state index is 5.70. The Morgan fingerprint density at radius 1 is 1.10 bits per heavy atom. The highest BCUT2D eigenvalue weighted by Crippen LogP contribution is 2.36. The molecule has 0 bridgehead atoms. The number of benzene rings is 1. The summed E-state index contributed by atoms with van der Waals surface area (Å²) in [5.74, 6) is 0.898. The molecule has 2 aliphatic rings. The fraction of sp³-hybridized carbons (Fsp3) is 0.708. The molecular weight excluding hydrogens is 487 g/mol. The molecule has 2 saturated heterocycles. The topological polar surface area (TPSA) is 48.9 Å². The average molecular weight is 529 g/mol. The molecule has 2 fully saturated rings. The highest BCUT2D eigenvalue weighted by molar-refractivity contribution is 14.0. The van der Waals surface area contributed by atoms with Crippen LogP contribution in [0, 0.1) is 6.92 Å². The van der Waals surface area contributed by atoms with Crippen LogP contribution in [0.15, 0.2) is 29.3 Å². The standard InChI is InChI=1S/C24H40N4O.HI/c1-20-10-6-7-11-21(20)24(12-16-29-17-13-24)19-27-22(25-4)26-18-23(2,3)28-14-8-5-9-15-28;/h6-7,10-11H,5,8-9,12-19H2,1-4H3,(H2,25,26,27);1H. The highest BCUT2D eigenvalue weighted by Gasteiger charge is 2.36. The van der Waals surface area contributed by atoms with Gasteiger partial charge in [0.05, 0.1) is 0 Å². The van der Waals surface area contributed by atoms with Crippen molar-refractivity contribution in [2.24, 2.45) is 4.99 Å². The van der Waals surface area contributed by atoms with E-state index in [4.69, 9.17) is 4.74 Å². The van der Waals surface area contributed by atoms with Crippen molar-refractivity contribution in [2.45, 2.75) is 63.8 Å². The molecule has 30 heavy (non-hydrogen) atoms. The molecule has 0 amide bonds. The molecule has 0 atom stereocenters. The number of likely N-dealkylation sites (tertiary alicyclic amines) is 1. The van der Waals surface area contributed by atoms with Crippen LogP contribution in [0.1, 0.15) is 57.1 Å². The van der Waals surface area contributed by atoms with Crippen molar-refractivity contribution in [3.63, 3.8) is 0 Å². The van der Waals surface area contributed by atoms with Gasteiger partial charge in [-0.1, -0.05) is 30.7 Å². The summed E-state index contributed by atoms with van der Waals surface area (Å²) in [6, 6.07) is 8.80. The lowest BCUT2D eigenvalue weighted by molar-refractivity contribution is 0.0511. The molecule has 0 radical (unpaired) electrons. The van der Waals surface area contributed by atoms with Gasteiger partial charge in [-0.05, 0) is 70.7 Å². The van der Waals surface area contributed by atoms with Crippen molar-refractivity contribution < 1.29 is 4.74 Å². The summed E-state index contributed by atoms with van der Waals surface area (Å²) in [6.45, 7) is 12.7. The molecule has 2 N–H and O–H groups in total. The van der Waals surface area contributed by atoms with Gasteiger partial charge in [-0.3, -0.25) is 9.89 Å². The van der Waals surface area contributed by atoms with Gasteiger partial charge in [0.15, 0.2) is 5.96 Å². The summed E-state index contributed by atoms with van der Waals surface area (Å²) >= 11 is 0. The number of hydrogen-bond donors (Lipinski definition) is 2. The summed E-state index contributed by atoms with van der Waals surface area (Å²) in [5, 5.41) is 7.24. The molecule has 1 aromatic rings. The van der Waals surface area contributed by atoms with Crippen LogP contribution in [-0.2, 0) is 10.2 Å². The van der Waals surface area contributed by atoms with E-state index in [1.807, 2.05) is 7.05 Å². The molecule has 0 aliphatic carbocycles. The van der Waals surface area contributed by atoms with Crippen molar-refractivity contribution in [3.05, 3.63) is 35.4 Å². The Hall–Kier alpha value is -0.860. The first-order chi connectivity index (χ1) is 14.0. The molecule has 2 heterocycles. The van der Waals surface area contributed by atoms with E-state index in [0.29, 0.717) is 0 Å². The van der Waals surface area contributed by atoms with Crippen molar-refractivity contribution in [3.8, 4) is 0 Å². The maximum absolute atomic E-state index is 5.70. The number of rotatable bonds is 6. The fourth-order valence-electron chi connectivity index (χ4n) is 4.86. The van der Waals surface area contributed by atoms with Crippen molar-refractivity contribution in [1.82, 2.24) is 15.5 Å². The van der Waals surface area contributed by atoms with E-state index >= 15 is 0 Å². The van der Waals surface area contributed by atoms with Crippen LogP contribution in [-0.4, -0.2) is 62.8 Å². The van der Waals surface area contributed by atoms with Crippen LogP contribution in [0.5, 0.6) is 0 Å². The fourth-order valence-corrected chi connectivity index (χ4v) is 4.86. The second-order valence-corrected chi connectivity index (χ2v) is 9.35. The molecule has 3 rings (SSSR count). The van der Waals surface area contributed by atoms with Gasteiger partial charge in [0.2, 0.25) is 0 Å². The number of aliphatic imine (C=N–C) groups is 1. The number of piperidine rings is 1. The summed E-state index contributed by atoms with van der Waals surface area (Å²) < 4.78 is 5.70. The third kappa shape index (κ3) is 6.33. The van der Waals surface area contributed by atoms with Gasteiger partial charge >= 0.3 is 0 Å². The van der Waals surface area contributed by atoms with Gasteiger partial charge in [0, 0.05) is 44.3 Å². The SMILES string of the molecule is CN=C(NCC1(c2ccccc2C)CCOCC1)NCC(C)(C)N1CCCCC1.I. The Morgan fingerprint density at radius 3 is 2.40 bits per heavy atom. The summed E-state index contributed by atoms with van der Waals surface area (Å²) in [5.41, 5.74) is 3.04. The van der Waals surface area contributed by atoms with E-state index in [1.165, 1.54) is 43.5 Å². The van der Waals surface area contributed by atoms with Gasteiger partial charge in [0.1, 0.15) is 0 Å². The van der Waals surface area contributed by atoms with Gasteiger partial charge in [-0.2, -0.15) is 0 Å². The van der Waals surface area contributed by atoms with Crippen LogP contribution >= 0.6 is 24.0 Å². The van der Waals surface area contributed by atoms with E-state index in [9.17, 15) is 0 Å². The summed E-state index contributed by atoms with van der Waals surface area (Å²) in [4.78, 5) is 7.13. The summed E-state index contributed by atoms with van der Waals surface area (Å²) in [6.07, 6.45) is 6.09. The van der Waals surface area contributed by atoms with Crippen molar-refractivity contribution in [2.75, 3.05) is 46.4 Å². The Bertz CT molecular complexity index is 680. The molecular formula is C24H41IN4O. The molecule has 0 spiro atoms. The minimum atomic E-state index is 0. The van der Waals surface area contributed by atoms with E-state index in [0.717, 1.165) is 45.1 Å². The normalized spacial score (nSPS) is 20.3. The molecule has 6 heteroatoms. The Labute approximate surface area is 200 Å². The van der Waals surface area contributed by atoms with Crippen LogP contribution < -0.4 is 10.6 Å². The summed E-state index contributed by atoms with van der Waals surface area (Å²) in [7, 11) is 1.87. The minimum absolute atomic E-state index is 0. The van der Waals surface area contributed by atoms with E-state index in [2.05, 4.69) is 65.6 Å². The number of nitrogens with zero attached hydrogens (tertiary/aromatic N) is 2. The predicted octanol–water partition coefficient (Wildman–Crippen LogP) is 4.09. The lowest BCUT2D eigenvalue weighted by atomic mass is 9.72. The minimum Gasteiger partial charge on any atom is -0.381 e.